The summed E-state index contributed by atoms with van der Waals surface area (Å²) in [5, 5.41) is 19.9. The van der Waals surface area contributed by atoms with E-state index in [-0.39, 0.29) is 48.8 Å². The Hall–Kier alpha value is -3.51. The van der Waals surface area contributed by atoms with Crippen LogP contribution in [0.3, 0.4) is 0 Å². The fourth-order valence-corrected chi connectivity index (χ4v) is 7.54. The number of aromatic nitrogens is 2. The highest BCUT2D eigenvalue weighted by atomic mass is 32.1. The molecule has 2 fully saturated rings. The largest absolute Gasteiger partial charge is 0.481 e. The summed E-state index contributed by atoms with van der Waals surface area (Å²) >= 11 is 2.57. The van der Waals surface area contributed by atoms with E-state index in [1.165, 1.54) is 18.3 Å². The van der Waals surface area contributed by atoms with Crippen LogP contribution in [0.15, 0.2) is 17.0 Å². The van der Waals surface area contributed by atoms with Gasteiger partial charge in [-0.25, -0.2) is 9.97 Å². The molecule has 2 saturated heterocycles. The van der Waals surface area contributed by atoms with Gasteiger partial charge in [0.2, 0.25) is 11.8 Å². The average molecular weight is 737 g/mol. The topological polar surface area (TPSA) is 190 Å². The molecule has 0 spiro atoms. The molecule has 15 nitrogen and oxygen atoms in total. The van der Waals surface area contributed by atoms with Crippen LogP contribution < -0.4 is 10.6 Å². The van der Waals surface area contributed by atoms with Gasteiger partial charge in [-0.3, -0.25) is 28.9 Å². The molecule has 0 aliphatic carbocycles. The van der Waals surface area contributed by atoms with Crippen molar-refractivity contribution in [2.75, 3.05) is 47.1 Å². The number of rotatable bonds is 17. The number of ether oxygens (including phenoxy) is 3. The van der Waals surface area contributed by atoms with Gasteiger partial charge >= 0.3 is 11.9 Å². The molecular formula is C33H48N6O9S2. The third-order valence-electron chi connectivity index (χ3n) is 9.11. The molecule has 3 N–H and O–H groups in total. The van der Waals surface area contributed by atoms with Crippen molar-refractivity contribution in [3.8, 4) is 0 Å². The third-order valence-corrected chi connectivity index (χ3v) is 10.8. The Morgan fingerprint density at radius 1 is 1.10 bits per heavy atom. The van der Waals surface area contributed by atoms with E-state index in [1.807, 2.05) is 31.2 Å². The summed E-state index contributed by atoms with van der Waals surface area (Å²) in [4.78, 5) is 76.9. The van der Waals surface area contributed by atoms with Crippen molar-refractivity contribution in [3.05, 3.63) is 32.7 Å². The van der Waals surface area contributed by atoms with Gasteiger partial charge in [-0.15, -0.1) is 22.7 Å². The second-order valence-electron chi connectivity index (χ2n) is 13.3. The number of hydrogen-bond acceptors (Lipinski definition) is 13. The summed E-state index contributed by atoms with van der Waals surface area (Å²) in [5.41, 5.74) is 0.101. The molecule has 50 heavy (non-hydrogen) atoms. The number of amides is 3. The van der Waals surface area contributed by atoms with Gasteiger partial charge in [0.05, 0.1) is 37.4 Å². The summed E-state index contributed by atoms with van der Waals surface area (Å²) in [6.07, 6.45) is 1.54. The van der Waals surface area contributed by atoms with E-state index in [4.69, 9.17) is 14.2 Å². The summed E-state index contributed by atoms with van der Waals surface area (Å²) in [5.74, 6) is -3.55. The summed E-state index contributed by atoms with van der Waals surface area (Å²) in [6.45, 7) is 8.84. The number of aliphatic carboxylic acids is 1. The van der Waals surface area contributed by atoms with E-state index in [0.29, 0.717) is 37.8 Å². The number of morpholine rings is 1. The number of carbonyl (C=O) groups excluding carboxylic acids is 4. The summed E-state index contributed by atoms with van der Waals surface area (Å²) < 4.78 is 16.6. The molecule has 2 aliphatic heterocycles. The molecule has 2 aromatic rings. The van der Waals surface area contributed by atoms with Gasteiger partial charge in [-0.1, -0.05) is 20.8 Å². The lowest BCUT2D eigenvalue weighted by Crippen LogP contribution is -2.62. The first-order valence-electron chi connectivity index (χ1n) is 16.7. The van der Waals surface area contributed by atoms with Crippen LogP contribution in [-0.4, -0.2) is 126 Å². The second-order valence-corrected chi connectivity index (χ2v) is 15.2. The lowest BCUT2D eigenvalue weighted by Gasteiger charge is -2.40. The van der Waals surface area contributed by atoms with E-state index >= 15 is 0 Å². The smallest absolute Gasteiger partial charge is 0.306 e. The minimum absolute atomic E-state index is 0.0838. The quantitative estimate of drug-likeness (QED) is 0.201. The Balaban J connectivity index is 1.49. The number of carboxylic acid groups (broad SMARTS) is 1. The highest BCUT2D eigenvalue weighted by molar-refractivity contribution is 7.10. The average Bonchev–Trinajstić information content (AvgIpc) is 3.74. The molecule has 0 bridgehead atoms. The molecule has 6 atom stereocenters. The first-order valence-corrected chi connectivity index (χ1v) is 18.5. The number of esters is 1. The molecule has 3 amide bonds. The van der Waals surface area contributed by atoms with Gasteiger partial charge in [-0.2, -0.15) is 0 Å². The number of carbonyl (C=O) groups is 5. The standard InChI is InChI=1S/C33H48N6O9S2/c1-18(2)24(39(6)32(43)28(21-14-47-15-21)37-30(42)25-16-46-9-8-38(25)5)13-26(48-20(4)40)31-36-23(17-50-31)29(41)35-22(11-19(3)33(44)45)12-27-34-7-10-49-27/h7,10,17-19,21-22,24-26,28H,8-9,11-16H2,1-6H3,(H,35,41)(H,37,42)(H,44,45)/t19-,22+,24+,25+,26+,28-/m0/s1. The molecule has 4 heterocycles. The van der Waals surface area contributed by atoms with E-state index in [2.05, 4.69) is 20.6 Å². The first-order chi connectivity index (χ1) is 23.7. The SMILES string of the molecule is CC(=O)O[C@H](C[C@H](C(C)C)N(C)C(=O)[C@@H](NC(=O)[C@H]1COCCN1C)C1COC1)c1nc(C(=O)N[C@@H](Cc2nccs2)C[C@H](C)C(=O)O)cs1. The highest BCUT2D eigenvalue weighted by Crippen LogP contribution is 2.31. The molecule has 0 radical (unpaired) electrons. The van der Waals surface area contributed by atoms with E-state index in [0.717, 1.165) is 16.3 Å². The Labute approximate surface area is 300 Å². The maximum Gasteiger partial charge on any atom is 0.306 e. The normalized spacial score (nSPS) is 19.8. The number of carboxylic acids is 1. The molecule has 2 aromatic heterocycles. The zero-order valence-corrected chi connectivity index (χ0v) is 31.0. The lowest BCUT2D eigenvalue weighted by atomic mass is 9.92. The van der Waals surface area contributed by atoms with Crippen molar-refractivity contribution in [2.24, 2.45) is 17.8 Å². The van der Waals surface area contributed by atoms with Crippen LogP contribution >= 0.6 is 22.7 Å². The number of nitrogens with zero attached hydrogens (tertiary/aromatic N) is 4. The zero-order chi connectivity index (χ0) is 36.5. The van der Waals surface area contributed by atoms with Crippen LogP contribution in [0.5, 0.6) is 0 Å². The van der Waals surface area contributed by atoms with E-state index in [1.54, 1.807) is 30.4 Å². The minimum atomic E-state index is -0.965. The highest BCUT2D eigenvalue weighted by Gasteiger charge is 2.41. The molecular weight excluding hydrogens is 689 g/mol. The van der Waals surface area contributed by atoms with Crippen molar-refractivity contribution in [1.82, 2.24) is 30.4 Å². The molecule has 276 valence electrons. The predicted octanol–water partition coefficient (Wildman–Crippen LogP) is 1.99. The maximum atomic E-state index is 14.1. The first kappa shape index (κ1) is 39.3. The van der Waals surface area contributed by atoms with Gasteiger partial charge < -0.3 is 34.9 Å². The third kappa shape index (κ3) is 10.5. The Bertz CT molecular complexity index is 1470. The Morgan fingerprint density at radius 3 is 2.42 bits per heavy atom. The van der Waals surface area contributed by atoms with Crippen LogP contribution in [0.4, 0.5) is 0 Å². The van der Waals surface area contributed by atoms with E-state index in [9.17, 15) is 29.1 Å². The van der Waals surface area contributed by atoms with Crippen molar-refractivity contribution in [2.45, 2.75) is 77.2 Å². The number of likely N-dealkylation sites (N-methyl/N-ethyl adjacent to an activating group) is 2. The van der Waals surface area contributed by atoms with Crippen LogP contribution in [-0.2, 0) is 39.8 Å². The number of nitrogens with one attached hydrogen (secondary N) is 2. The van der Waals surface area contributed by atoms with Gasteiger partial charge in [0.15, 0.2) is 6.10 Å². The van der Waals surface area contributed by atoms with Crippen molar-refractivity contribution in [1.29, 1.82) is 0 Å². The van der Waals surface area contributed by atoms with Crippen LogP contribution in [0.1, 0.15) is 67.1 Å². The van der Waals surface area contributed by atoms with Crippen molar-refractivity contribution < 1.29 is 43.3 Å². The summed E-state index contributed by atoms with van der Waals surface area (Å²) in [7, 11) is 3.52. The van der Waals surface area contributed by atoms with Crippen LogP contribution in [0, 0.1) is 17.8 Å². The van der Waals surface area contributed by atoms with Gasteiger partial charge in [-0.05, 0) is 19.4 Å². The monoisotopic (exact) mass is 736 g/mol. The molecule has 0 aromatic carbocycles. The van der Waals surface area contributed by atoms with Gasteiger partial charge in [0.1, 0.15) is 22.8 Å². The second kappa shape index (κ2) is 18.1. The Kier molecular flexibility index (Phi) is 14.2. The van der Waals surface area contributed by atoms with Crippen LogP contribution in [0.25, 0.3) is 0 Å². The van der Waals surface area contributed by atoms with Crippen molar-refractivity contribution >= 4 is 52.3 Å². The number of hydrogen-bond donors (Lipinski definition) is 3. The Morgan fingerprint density at radius 2 is 1.84 bits per heavy atom. The molecule has 0 saturated carbocycles. The zero-order valence-electron chi connectivity index (χ0n) is 29.3. The van der Waals surface area contributed by atoms with Gasteiger partial charge in [0, 0.05) is 68.3 Å². The summed E-state index contributed by atoms with van der Waals surface area (Å²) in [6, 6.07) is -2.27. The predicted molar refractivity (Wildman–Crippen MR) is 185 cm³/mol. The maximum absolute atomic E-state index is 14.1. The van der Waals surface area contributed by atoms with Crippen molar-refractivity contribution in [3.63, 3.8) is 0 Å². The lowest BCUT2D eigenvalue weighted by molar-refractivity contribution is -0.151. The minimum Gasteiger partial charge on any atom is -0.481 e. The molecule has 0 unspecified atom stereocenters. The fourth-order valence-electron chi connectivity index (χ4n) is 6.00. The molecule has 4 rings (SSSR count). The van der Waals surface area contributed by atoms with Gasteiger partial charge in [0.25, 0.3) is 5.91 Å². The van der Waals surface area contributed by atoms with Crippen LogP contribution in [0.2, 0.25) is 0 Å². The number of thiazole rings is 2. The fraction of sp³-hybridized carbons (Fsp3) is 0.667. The molecule has 17 heteroatoms. The van der Waals surface area contributed by atoms with E-state index < -0.39 is 54.0 Å². The molecule has 2 aliphatic rings.